The van der Waals surface area contributed by atoms with Crippen LogP contribution >= 0.6 is 29.0 Å². The molecule has 0 amide bonds. The zero-order valence-corrected chi connectivity index (χ0v) is 21.2. The molecule has 0 atom stereocenters. The van der Waals surface area contributed by atoms with Crippen molar-refractivity contribution >= 4 is 29.0 Å². The van der Waals surface area contributed by atoms with Crippen molar-refractivity contribution in [3.8, 4) is 0 Å². The minimum Gasteiger partial charge on any atom is -0.362 e. The Balaban J connectivity index is 5.35. The summed E-state index contributed by atoms with van der Waals surface area (Å²) in [4.78, 5) is 0. The molecule has 14 heteroatoms. The Bertz CT molecular complexity index is 387. The lowest BCUT2D eigenvalue weighted by Gasteiger charge is -2.30. The van der Waals surface area contributed by atoms with Gasteiger partial charge in [0, 0.05) is 0 Å². The van der Waals surface area contributed by atoms with Gasteiger partial charge in [0.15, 0.2) is 63.5 Å². The first-order chi connectivity index (χ1) is 14.2. The molecule has 30 heavy (non-hydrogen) atoms. The van der Waals surface area contributed by atoms with Crippen LogP contribution in [0.15, 0.2) is 0 Å². The number of hydrogen-bond donors (Lipinski definition) is 10. The van der Waals surface area contributed by atoms with E-state index in [2.05, 4.69) is 0 Å². The van der Waals surface area contributed by atoms with Crippen LogP contribution < -0.4 is 0 Å². The Hall–Kier alpha value is 1.32. The number of rotatable bonds is 19. The second kappa shape index (κ2) is 15.3. The van der Waals surface area contributed by atoms with Crippen LogP contribution in [-0.4, -0.2) is 152 Å². The van der Waals surface area contributed by atoms with Crippen LogP contribution in [0.1, 0.15) is 0 Å². The highest BCUT2D eigenvalue weighted by Gasteiger charge is 2.49. The first-order valence-corrected chi connectivity index (χ1v) is 19.8. The second-order valence-electron chi connectivity index (χ2n) is 8.12. The molecule has 0 aliphatic rings. The van der Waals surface area contributed by atoms with Gasteiger partial charge in [0.05, 0.1) is 66.0 Å². The maximum absolute atomic E-state index is 10.0. The van der Waals surface area contributed by atoms with Gasteiger partial charge in [-0.15, -0.1) is 0 Å². The average Bonchev–Trinajstić information content (AvgIpc) is 2.82. The molecule has 0 aromatic carbocycles. The van der Waals surface area contributed by atoms with Crippen LogP contribution in [0.3, 0.4) is 0 Å². The summed E-state index contributed by atoms with van der Waals surface area (Å²) in [5.41, 5.74) is 0. The van der Waals surface area contributed by atoms with Crippen LogP contribution in [-0.2, 0) is 0 Å². The molecule has 10 nitrogen and oxygen atoms in total. The van der Waals surface area contributed by atoms with Crippen molar-refractivity contribution in [3.05, 3.63) is 0 Å². The van der Waals surface area contributed by atoms with Crippen molar-refractivity contribution in [1.29, 1.82) is 0 Å². The van der Waals surface area contributed by atoms with Gasteiger partial charge in [0.2, 0.25) is 0 Å². The Morgan fingerprint density at radius 1 is 0.233 bits per heavy atom. The van der Waals surface area contributed by atoms with Crippen LogP contribution in [0.2, 0.25) is 0 Å². The van der Waals surface area contributed by atoms with Gasteiger partial charge in [-0.25, -0.2) is 0 Å². The van der Waals surface area contributed by atoms with E-state index >= 15 is 0 Å². The molecule has 0 aromatic rings. The average molecular weight is 518 g/mol. The van der Waals surface area contributed by atoms with Crippen LogP contribution in [0.5, 0.6) is 0 Å². The van der Waals surface area contributed by atoms with Gasteiger partial charge in [0.25, 0.3) is 0 Å². The zero-order valence-electron chi connectivity index (χ0n) is 17.6. The van der Waals surface area contributed by atoms with Crippen molar-refractivity contribution in [2.75, 3.05) is 100 Å². The van der Waals surface area contributed by atoms with E-state index in [0.717, 1.165) is 0 Å². The fourth-order valence-electron chi connectivity index (χ4n) is 2.84. The third-order valence-corrected chi connectivity index (χ3v) is 20.2. The highest BCUT2D eigenvalue weighted by Crippen LogP contribution is 2.68. The van der Waals surface area contributed by atoms with Crippen LogP contribution in [0.4, 0.5) is 0 Å². The lowest BCUT2D eigenvalue weighted by molar-refractivity contribution is 0.311. The van der Waals surface area contributed by atoms with E-state index in [0.29, 0.717) is 37.0 Å². The fourth-order valence-corrected chi connectivity index (χ4v) is 16.2. The van der Waals surface area contributed by atoms with Gasteiger partial charge in [-0.2, -0.15) is 0 Å². The SMILES string of the molecule is OC[P+](CO)(CO)CC[P+](CO)(CO)CC[P+](CO)(CO)CC[P+](CO)(CO)CO. The summed E-state index contributed by atoms with van der Waals surface area (Å²) < 4.78 is 0. The highest BCUT2D eigenvalue weighted by molar-refractivity contribution is 7.81. The Kier molecular flexibility index (Phi) is 15.9. The van der Waals surface area contributed by atoms with E-state index in [1.807, 2.05) is 0 Å². The van der Waals surface area contributed by atoms with Gasteiger partial charge < -0.3 is 51.1 Å². The largest absolute Gasteiger partial charge is 0.362 e. The molecule has 0 spiro atoms. The molecule has 0 saturated carbocycles. The summed E-state index contributed by atoms with van der Waals surface area (Å²) >= 11 is 0. The summed E-state index contributed by atoms with van der Waals surface area (Å²) in [6.45, 7) is 0. The summed E-state index contributed by atoms with van der Waals surface area (Å²) in [5, 5.41) is 97.5. The molecule has 0 radical (unpaired) electrons. The summed E-state index contributed by atoms with van der Waals surface area (Å²) in [6.07, 6.45) is -0.821. The van der Waals surface area contributed by atoms with Gasteiger partial charge in [-0.3, -0.25) is 0 Å². The minimum atomic E-state index is -2.38. The third-order valence-electron chi connectivity index (χ3n) is 6.15. The monoisotopic (exact) mass is 518 g/mol. The lowest BCUT2D eigenvalue weighted by atomic mass is 10.9. The summed E-state index contributed by atoms with van der Waals surface area (Å²) in [7, 11) is -9.43. The first kappa shape index (κ1) is 31.3. The predicted octanol–water partition coefficient (Wildman–Crippen LogP) is -1.45. The highest BCUT2D eigenvalue weighted by atomic mass is 31.2. The van der Waals surface area contributed by atoms with Crippen molar-refractivity contribution in [2.24, 2.45) is 0 Å². The molecule has 0 saturated heterocycles. The molecular formula is C16H42O10P4+4. The Labute approximate surface area is 180 Å². The maximum Gasteiger partial charge on any atom is 0.158 e. The van der Waals surface area contributed by atoms with E-state index in [4.69, 9.17) is 0 Å². The molecule has 0 heterocycles. The molecule has 0 bridgehead atoms. The molecule has 0 aliphatic heterocycles. The fraction of sp³-hybridized carbons (Fsp3) is 1.00. The second-order valence-corrected chi connectivity index (χ2v) is 24.4. The van der Waals surface area contributed by atoms with Gasteiger partial charge in [-0.1, -0.05) is 0 Å². The molecule has 0 aromatic heterocycles. The van der Waals surface area contributed by atoms with Crippen LogP contribution in [0.25, 0.3) is 0 Å². The quantitative estimate of drug-likeness (QED) is 0.0902. The van der Waals surface area contributed by atoms with Gasteiger partial charge >= 0.3 is 0 Å². The molecule has 0 fully saturated rings. The minimum absolute atomic E-state index is 0.260. The Morgan fingerprint density at radius 3 is 0.500 bits per heavy atom. The standard InChI is InChI=1S/C16H42O10P4/c17-7-27(8-18,3-5-29(11-21,12-22)13-23)1-2-28(9-19,10-20)4-6-30(14-24,15-25)16-26/h17-26H,1-16H2/q+4. The third kappa shape index (κ3) is 8.59. The van der Waals surface area contributed by atoms with Crippen molar-refractivity contribution < 1.29 is 51.1 Å². The van der Waals surface area contributed by atoms with Crippen LogP contribution in [0, 0.1) is 0 Å². The lowest BCUT2D eigenvalue weighted by Crippen LogP contribution is -2.24. The molecule has 0 unspecified atom stereocenters. The van der Waals surface area contributed by atoms with E-state index in [1.165, 1.54) is 0 Å². The van der Waals surface area contributed by atoms with E-state index in [9.17, 15) is 51.1 Å². The van der Waals surface area contributed by atoms with Gasteiger partial charge in [0.1, 0.15) is 0 Å². The smallest absolute Gasteiger partial charge is 0.158 e. The topological polar surface area (TPSA) is 202 Å². The van der Waals surface area contributed by atoms with Crippen molar-refractivity contribution in [2.45, 2.75) is 0 Å². The van der Waals surface area contributed by atoms with Crippen molar-refractivity contribution in [1.82, 2.24) is 0 Å². The predicted molar refractivity (Wildman–Crippen MR) is 128 cm³/mol. The molecule has 0 aliphatic carbocycles. The first-order valence-electron chi connectivity index (χ1n) is 9.72. The maximum atomic E-state index is 10.0. The van der Waals surface area contributed by atoms with E-state index in [1.54, 1.807) is 0 Å². The van der Waals surface area contributed by atoms with Gasteiger partial charge in [-0.05, 0) is 0 Å². The van der Waals surface area contributed by atoms with E-state index in [-0.39, 0.29) is 63.5 Å². The summed E-state index contributed by atoms with van der Waals surface area (Å²) in [6, 6.07) is 0. The van der Waals surface area contributed by atoms with E-state index < -0.39 is 29.0 Å². The van der Waals surface area contributed by atoms with Crippen molar-refractivity contribution in [3.63, 3.8) is 0 Å². The molecular weight excluding hydrogens is 476 g/mol. The normalized spacial score (nSPS) is 13.8. The molecule has 182 valence electrons. The zero-order chi connectivity index (χ0) is 23.3. The number of hydrogen-bond acceptors (Lipinski definition) is 10. The molecule has 10 N–H and O–H groups in total. The molecule has 0 rings (SSSR count). The summed E-state index contributed by atoms with van der Waals surface area (Å²) in [5.74, 6) is 0. The Morgan fingerprint density at radius 2 is 0.367 bits per heavy atom. The number of aliphatic hydroxyl groups is 10. The number of aliphatic hydroxyl groups excluding tert-OH is 10.